The molecular weight excluding hydrogens is 200 g/mol. The van der Waals surface area contributed by atoms with E-state index in [1.165, 1.54) is 5.56 Å². The van der Waals surface area contributed by atoms with Crippen molar-refractivity contribution in [2.24, 2.45) is 0 Å². The maximum atomic E-state index is 11.5. The van der Waals surface area contributed by atoms with Gasteiger partial charge in [-0.05, 0) is 24.6 Å². The van der Waals surface area contributed by atoms with Crippen molar-refractivity contribution in [1.82, 2.24) is 10.6 Å². The second-order valence-electron chi connectivity index (χ2n) is 3.80. The summed E-state index contributed by atoms with van der Waals surface area (Å²) in [5.74, 6) is 0.0829. The van der Waals surface area contributed by atoms with Crippen molar-refractivity contribution in [3.8, 4) is 0 Å². The fourth-order valence-electron chi connectivity index (χ4n) is 1.47. The molecule has 0 saturated carbocycles. The topological polar surface area (TPSA) is 41.1 Å². The fraction of sp³-hybridized carbons (Fsp3) is 0.462. The van der Waals surface area contributed by atoms with E-state index in [2.05, 4.69) is 29.7 Å². The van der Waals surface area contributed by atoms with Crippen LogP contribution in [0.25, 0.3) is 0 Å². The molecule has 0 aliphatic heterocycles. The predicted molar refractivity (Wildman–Crippen MR) is 66.5 cm³/mol. The molecule has 0 fully saturated rings. The van der Waals surface area contributed by atoms with Gasteiger partial charge in [-0.2, -0.15) is 0 Å². The minimum absolute atomic E-state index is 0.0829. The van der Waals surface area contributed by atoms with Crippen molar-refractivity contribution in [2.75, 3.05) is 20.1 Å². The Morgan fingerprint density at radius 2 is 1.75 bits per heavy atom. The first-order chi connectivity index (χ1) is 7.76. The SMILES string of the molecule is CCc1ccc(CC(=O)NCCNC)cc1. The first-order valence-electron chi connectivity index (χ1n) is 5.75. The third kappa shape index (κ3) is 4.45. The van der Waals surface area contributed by atoms with Crippen LogP contribution in [0.4, 0.5) is 0 Å². The molecule has 0 aliphatic rings. The Kier molecular flexibility index (Phi) is 5.57. The van der Waals surface area contributed by atoms with Crippen molar-refractivity contribution in [3.05, 3.63) is 35.4 Å². The monoisotopic (exact) mass is 220 g/mol. The van der Waals surface area contributed by atoms with E-state index in [9.17, 15) is 4.79 Å². The summed E-state index contributed by atoms with van der Waals surface area (Å²) in [6, 6.07) is 8.21. The maximum absolute atomic E-state index is 11.5. The van der Waals surface area contributed by atoms with Gasteiger partial charge in [0.1, 0.15) is 0 Å². The van der Waals surface area contributed by atoms with Gasteiger partial charge in [0.2, 0.25) is 5.91 Å². The molecule has 88 valence electrons. The van der Waals surface area contributed by atoms with E-state index in [4.69, 9.17) is 0 Å². The van der Waals surface area contributed by atoms with Gasteiger partial charge in [0, 0.05) is 13.1 Å². The molecule has 0 unspecified atom stereocenters. The van der Waals surface area contributed by atoms with E-state index >= 15 is 0 Å². The van der Waals surface area contributed by atoms with Crippen LogP contribution in [-0.2, 0) is 17.6 Å². The zero-order valence-electron chi connectivity index (χ0n) is 10.0. The molecule has 0 aromatic heterocycles. The van der Waals surface area contributed by atoms with Gasteiger partial charge in [0.05, 0.1) is 6.42 Å². The number of hydrogen-bond acceptors (Lipinski definition) is 2. The van der Waals surface area contributed by atoms with Crippen LogP contribution in [0.15, 0.2) is 24.3 Å². The lowest BCUT2D eigenvalue weighted by molar-refractivity contribution is -0.120. The third-order valence-electron chi connectivity index (χ3n) is 2.49. The lowest BCUT2D eigenvalue weighted by Crippen LogP contribution is -2.31. The number of aryl methyl sites for hydroxylation is 1. The number of rotatable bonds is 6. The summed E-state index contributed by atoms with van der Waals surface area (Å²) >= 11 is 0. The molecular formula is C13H20N2O. The molecule has 0 atom stereocenters. The highest BCUT2D eigenvalue weighted by molar-refractivity contribution is 5.78. The van der Waals surface area contributed by atoms with Gasteiger partial charge < -0.3 is 10.6 Å². The molecule has 3 nitrogen and oxygen atoms in total. The van der Waals surface area contributed by atoms with Gasteiger partial charge in [0.15, 0.2) is 0 Å². The Hall–Kier alpha value is -1.35. The van der Waals surface area contributed by atoms with Crippen molar-refractivity contribution >= 4 is 5.91 Å². The summed E-state index contributed by atoms with van der Waals surface area (Å²) < 4.78 is 0. The molecule has 0 radical (unpaired) electrons. The summed E-state index contributed by atoms with van der Waals surface area (Å²) in [5.41, 5.74) is 2.37. The number of carbonyl (C=O) groups excluding carboxylic acids is 1. The number of amides is 1. The zero-order valence-corrected chi connectivity index (χ0v) is 10.0. The molecule has 2 N–H and O–H groups in total. The lowest BCUT2D eigenvalue weighted by atomic mass is 10.1. The quantitative estimate of drug-likeness (QED) is 0.706. The van der Waals surface area contributed by atoms with Crippen LogP contribution >= 0.6 is 0 Å². The summed E-state index contributed by atoms with van der Waals surface area (Å²) in [6.07, 6.45) is 1.50. The minimum Gasteiger partial charge on any atom is -0.355 e. The Labute approximate surface area is 97.2 Å². The van der Waals surface area contributed by atoms with E-state index in [1.54, 1.807) is 0 Å². The minimum atomic E-state index is 0.0829. The largest absolute Gasteiger partial charge is 0.355 e. The molecule has 16 heavy (non-hydrogen) atoms. The zero-order chi connectivity index (χ0) is 11.8. The molecule has 0 aliphatic carbocycles. The van der Waals surface area contributed by atoms with Crippen molar-refractivity contribution in [2.45, 2.75) is 19.8 Å². The molecule has 1 aromatic carbocycles. The highest BCUT2D eigenvalue weighted by Crippen LogP contribution is 2.05. The van der Waals surface area contributed by atoms with Gasteiger partial charge in [0.25, 0.3) is 0 Å². The third-order valence-corrected chi connectivity index (χ3v) is 2.49. The van der Waals surface area contributed by atoms with Crippen LogP contribution in [0.5, 0.6) is 0 Å². The van der Waals surface area contributed by atoms with E-state index < -0.39 is 0 Å². The summed E-state index contributed by atoms with van der Waals surface area (Å²) in [6.45, 7) is 3.61. The van der Waals surface area contributed by atoms with Gasteiger partial charge in [-0.25, -0.2) is 0 Å². The molecule has 1 amide bonds. The second-order valence-corrected chi connectivity index (χ2v) is 3.80. The van der Waals surface area contributed by atoms with Crippen LogP contribution in [0.2, 0.25) is 0 Å². The normalized spacial score (nSPS) is 10.1. The molecule has 0 bridgehead atoms. The van der Waals surface area contributed by atoms with Crippen molar-refractivity contribution in [3.63, 3.8) is 0 Å². The number of benzene rings is 1. The number of carbonyl (C=O) groups is 1. The molecule has 1 aromatic rings. The Balaban J connectivity index is 2.37. The van der Waals surface area contributed by atoms with Crippen molar-refractivity contribution in [1.29, 1.82) is 0 Å². The Morgan fingerprint density at radius 3 is 2.31 bits per heavy atom. The van der Waals surface area contributed by atoms with Gasteiger partial charge in [-0.1, -0.05) is 31.2 Å². The van der Waals surface area contributed by atoms with Crippen LogP contribution in [0.3, 0.4) is 0 Å². The highest BCUT2D eigenvalue weighted by atomic mass is 16.1. The fourth-order valence-corrected chi connectivity index (χ4v) is 1.47. The molecule has 0 spiro atoms. The van der Waals surface area contributed by atoms with E-state index in [0.717, 1.165) is 18.5 Å². The average Bonchev–Trinajstić information content (AvgIpc) is 2.30. The first-order valence-corrected chi connectivity index (χ1v) is 5.75. The summed E-state index contributed by atoms with van der Waals surface area (Å²) in [4.78, 5) is 11.5. The van der Waals surface area contributed by atoms with Crippen LogP contribution in [0, 0.1) is 0 Å². The van der Waals surface area contributed by atoms with Gasteiger partial charge in [-0.15, -0.1) is 0 Å². The standard InChI is InChI=1S/C13H20N2O/c1-3-11-4-6-12(7-5-11)10-13(16)15-9-8-14-2/h4-7,14H,3,8-10H2,1-2H3,(H,15,16). The molecule has 0 saturated heterocycles. The highest BCUT2D eigenvalue weighted by Gasteiger charge is 2.01. The number of likely N-dealkylation sites (N-methyl/N-ethyl adjacent to an activating group) is 1. The van der Waals surface area contributed by atoms with E-state index in [0.29, 0.717) is 13.0 Å². The summed E-state index contributed by atoms with van der Waals surface area (Å²) in [7, 11) is 1.87. The maximum Gasteiger partial charge on any atom is 0.224 e. The molecule has 3 heteroatoms. The summed E-state index contributed by atoms with van der Waals surface area (Å²) in [5, 5.41) is 5.85. The van der Waals surface area contributed by atoms with E-state index in [-0.39, 0.29) is 5.91 Å². The number of nitrogens with one attached hydrogen (secondary N) is 2. The first kappa shape index (κ1) is 12.7. The Bertz CT molecular complexity index is 319. The van der Waals surface area contributed by atoms with Crippen molar-refractivity contribution < 1.29 is 4.79 Å². The van der Waals surface area contributed by atoms with Crippen LogP contribution in [-0.4, -0.2) is 26.0 Å². The number of hydrogen-bond donors (Lipinski definition) is 2. The van der Waals surface area contributed by atoms with E-state index in [1.807, 2.05) is 19.2 Å². The predicted octanol–water partition coefficient (Wildman–Crippen LogP) is 1.13. The molecule has 1 rings (SSSR count). The average molecular weight is 220 g/mol. The smallest absolute Gasteiger partial charge is 0.224 e. The lowest BCUT2D eigenvalue weighted by Gasteiger charge is -2.05. The van der Waals surface area contributed by atoms with Crippen LogP contribution in [0.1, 0.15) is 18.1 Å². The Morgan fingerprint density at radius 1 is 1.12 bits per heavy atom. The van der Waals surface area contributed by atoms with Gasteiger partial charge >= 0.3 is 0 Å². The van der Waals surface area contributed by atoms with Gasteiger partial charge in [-0.3, -0.25) is 4.79 Å². The molecule has 0 heterocycles. The second kappa shape index (κ2) is 7.01. The van der Waals surface area contributed by atoms with Crippen LogP contribution < -0.4 is 10.6 Å².